The lowest BCUT2D eigenvalue weighted by molar-refractivity contribution is -0.142. The summed E-state index contributed by atoms with van der Waals surface area (Å²) in [6.07, 6.45) is 0. The van der Waals surface area contributed by atoms with Gasteiger partial charge in [0.15, 0.2) is 0 Å². The Hall–Kier alpha value is -1.83. The first-order chi connectivity index (χ1) is 11.2. The van der Waals surface area contributed by atoms with E-state index in [9.17, 15) is 14.4 Å². The van der Waals surface area contributed by atoms with Crippen LogP contribution in [0, 0.1) is 0 Å². The molecule has 24 heavy (non-hydrogen) atoms. The molecule has 3 N–H and O–H groups in total. The molecule has 7 nitrogen and oxygen atoms in total. The van der Waals surface area contributed by atoms with Crippen LogP contribution in [0.2, 0.25) is 10.0 Å². The van der Waals surface area contributed by atoms with Gasteiger partial charge in [0, 0.05) is 20.0 Å². The van der Waals surface area contributed by atoms with Crippen LogP contribution >= 0.6 is 23.2 Å². The highest BCUT2D eigenvalue weighted by molar-refractivity contribution is 6.44. The highest BCUT2D eigenvalue weighted by atomic mass is 35.5. The van der Waals surface area contributed by atoms with E-state index >= 15 is 0 Å². The largest absolute Gasteiger partial charge is 0.480 e. The van der Waals surface area contributed by atoms with Gasteiger partial charge >= 0.3 is 5.97 Å². The van der Waals surface area contributed by atoms with Gasteiger partial charge in [0.2, 0.25) is 11.8 Å². The van der Waals surface area contributed by atoms with Gasteiger partial charge in [0.05, 0.1) is 22.3 Å². The number of nitrogens with zero attached hydrogens (tertiary/aromatic N) is 1. The van der Waals surface area contributed by atoms with Crippen molar-refractivity contribution >= 4 is 46.7 Å². The number of halogens is 2. The van der Waals surface area contributed by atoms with Crippen LogP contribution in [0.5, 0.6) is 0 Å². The molecule has 1 unspecified atom stereocenters. The highest BCUT2D eigenvalue weighted by Crippen LogP contribution is 2.29. The van der Waals surface area contributed by atoms with E-state index in [0.717, 1.165) is 0 Å². The van der Waals surface area contributed by atoms with Gasteiger partial charge in [-0.15, -0.1) is 0 Å². The summed E-state index contributed by atoms with van der Waals surface area (Å²) in [6.45, 7) is 3.10. The van der Waals surface area contributed by atoms with E-state index in [1.54, 1.807) is 18.2 Å². The number of hydrogen-bond acceptors (Lipinski definition) is 4. The van der Waals surface area contributed by atoms with Crippen LogP contribution in [-0.4, -0.2) is 53.5 Å². The maximum atomic E-state index is 12.2. The molecule has 1 rings (SSSR count). The zero-order chi connectivity index (χ0) is 18.3. The lowest BCUT2D eigenvalue weighted by Crippen LogP contribution is -2.46. The molecule has 0 spiro atoms. The van der Waals surface area contributed by atoms with E-state index in [1.165, 1.54) is 18.7 Å². The molecule has 1 atom stereocenters. The molecule has 0 fully saturated rings. The summed E-state index contributed by atoms with van der Waals surface area (Å²) in [4.78, 5) is 35.7. The number of anilines is 1. The van der Waals surface area contributed by atoms with Crippen LogP contribution in [0.3, 0.4) is 0 Å². The van der Waals surface area contributed by atoms with Crippen LogP contribution in [0.15, 0.2) is 18.2 Å². The van der Waals surface area contributed by atoms with Crippen molar-refractivity contribution in [2.45, 2.75) is 19.9 Å². The molecule has 0 aliphatic carbocycles. The van der Waals surface area contributed by atoms with Crippen molar-refractivity contribution in [2.75, 3.05) is 25.0 Å². The van der Waals surface area contributed by atoms with Gasteiger partial charge in [-0.25, -0.2) is 0 Å². The smallest absolute Gasteiger partial charge is 0.320 e. The van der Waals surface area contributed by atoms with E-state index in [-0.39, 0.29) is 30.6 Å². The van der Waals surface area contributed by atoms with Crippen molar-refractivity contribution in [3.05, 3.63) is 28.2 Å². The third-order valence-electron chi connectivity index (χ3n) is 3.25. The number of aliphatic carboxylic acids is 1. The fraction of sp³-hybridized carbons (Fsp3) is 0.400. The van der Waals surface area contributed by atoms with Crippen LogP contribution in [-0.2, 0) is 14.4 Å². The first-order valence-corrected chi connectivity index (χ1v) is 7.93. The highest BCUT2D eigenvalue weighted by Gasteiger charge is 2.23. The second-order valence-corrected chi connectivity index (χ2v) is 5.90. The molecule has 0 bridgehead atoms. The number of hydrogen-bond donors (Lipinski definition) is 3. The number of rotatable bonds is 8. The van der Waals surface area contributed by atoms with Crippen LogP contribution in [0.1, 0.15) is 13.8 Å². The molecule has 2 amide bonds. The minimum Gasteiger partial charge on any atom is -0.480 e. The number of benzene rings is 1. The number of carbonyl (C=O) groups excluding carboxylic acids is 2. The summed E-state index contributed by atoms with van der Waals surface area (Å²) < 4.78 is 0. The predicted molar refractivity (Wildman–Crippen MR) is 92.4 cm³/mol. The average Bonchev–Trinajstić information content (AvgIpc) is 2.49. The van der Waals surface area contributed by atoms with Crippen molar-refractivity contribution in [2.24, 2.45) is 0 Å². The van der Waals surface area contributed by atoms with Crippen molar-refractivity contribution in [3.63, 3.8) is 0 Å². The van der Waals surface area contributed by atoms with Crippen molar-refractivity contribution in [1.82, 2.24) is 10.2 Å². The van der Waals surface area contributed by atoms with Crippen molar-refractivity contribution in [1.29, 1.82) is 0 Å². The van der Waals surface area contributed by atoms with Gasteiger partial charge in [-0.2, -0.15) is 0 Å². The zero-order valence-corrected chi connectivity index (χ0v) is 14.8. The molecule has 0 aliphatic rings. The minimum atomic E-state index is -1.06. The lowest BCUT2D eigenvalue weighted by atomic mass is 10.2. The maximum Gasteiger partial charge on any atom is 0.320 e. The van der Waals surface area contributed by atoms with E-state index in [2.05, 4.69) is 10.6 Å². The fourth-order valence-corrected chi connectivity index (χ4v) is 2.26. The molecule has 0 aromatic heterocycles. The summed E-state index contributed by atoms with van der Waals surface area (Å²) in [6, 6.07) is 3.93. The van der Waals surface area contributed by atoms with Crippen molar-refractivity contribution in [3.8, 4) is 0 Å². The number of carboxylic acid groups (broad SMARTS) is 1. The molecule has 1 aromatic carbocycles. The second-order valence-electron chi connectivity index (χ2n) is 5.12. The first-order valence-electron chi connectivity index (χ1n) is 7.17. The molecular formula is C15H19Cl2N3O4. The predicted octanol–water partition coefficient (Wildman–Crippen LogP) is 1.84. The second kappa shape index (κ2) is 9.46. The molecule has 0 radical (unpaired) electrons. The monoisotopic (exact) mass is 375 g/mol. The molecule has 1 aromatic rings. The number of amides is 2. The zero-order valence-electron chi connectivity index (χ0n) is 13.3. The molecule has 0 aliphatic heterocycles. The topological polar surface area (TPSA) is 98.7 Å². The van der Waals surface area contributed by atoms with Gasteiger partial charge in [-0.1, -0.05) is 29.3 Å². The third-order valence-corrected chi connectivity index (χ3v) is 4.07. The Balaban J connectivity index is 2.73. The summed E-state index contributed by atoms with van der Waals surface area (Å²) in [5, 5.41) is 14.8. The molecule has 0 saturated carbocycles. The molecule has 132 valence electrons. The van der Waals surface area contributed by atoms with Crippen molar-refractivity contribution < 1.29 is 19.5 Å². The first kappa shape index (κ1) is 20.2. The van der Waals surface area contributed by atoms with Crippen LogP contribution < -0.4 is 10.6 Å². The Morgan fingerprint density at radius 2 is 1.96 bits per heavy atom. The summed E-state index contributed by atoms with van der Waals surface area (Å²) in [5.41, 5.74) is 0.346. The van der Waals surface area contributed by atoms with E-state index in [1.807, 2.05) is 0 Å². The fourth-order valence-electron chi connectivity index (χ4n) is 1.92. The Morgan fingerprint density at radius 3 is 2.54 bits per heavy atom. The Kier molecular flexibility index (Phi) is 7.97. The lowest BCUT2D eigenvalue weighted by Gasteiger charge is -2.25. The molecule has 0 heterocycles. The van der Waals surface area contributed by atoms with Gasteiger partial charge in [-0.3, -0.25) is 19.3 Å². The standard InChI is InChI=1S/C15H19Cl2N3O4/c1-9(15(23)24)20(7-6-18-10(2)21)8-13(22)19-12-5-3-4-11(16)14(12)17/h3-5,9H,6-8H2,1-2H3,(H,18,21)(H,19,22)(H,23,24). The van der Waals surface area contributed by atoms with Gasteiger partial charge in [0.25, 0.3) is 0 Å². The minimum absolute atomic E-state index is 0.171. The van der Waals surface area contributed by atoms with E-state index < -0.39 is 17.9 Å². The number of carboxylic acids is 1. The summed E-state index contributed by atoms with van der Waals surface area (Å²) in [7, 11) is 0. The Labute approximate surface area is 149 Å². The maximum absolute atomic E-state index is 12.2. The third kappa shape index (κ3) is 6.35. The SMILES string of the molecule is CC(=O)NCCN(CC(=O)Nc1cccc(Cl)c1Cl)C(C)C(=O)O. The van der Waals surface area contributed by atoms with Gasteiger partial charge in [0.1, 0.15) is 6.04 Å². The van der Waals surface area contributed by atoms with E-state index in [4.69, 9.17) is 28.3 Å². The number of nitrogens with one attached hydrogen (secondary N) is 2. The average molecular weight is 376 g/mol. The van der Waals surface area contributed by atoms with Gasteiger partial charge in [-0.05, 0) is 19.1 Å². The van der Waals surface area contributed by atoms with E-state index in [0.29, 0.717) is 10.7 Å². The normalized spacial score (nSPS) is 11.9. The van der Waals surface area contributed by atoms with Crippen LogP contribution in [0.25, 0.3) is 0 Å². The molecular weight excluding hydrogens is 357 g/mol. The quantitative estimate of drug-likeness (QED) is 0.643. The Bertz CT molecular complexity index is 625. The molecule has 9 heteroatoms. The van der Waals surface area contributed by atoms with Gasteiger partial charge < -0.3 is 15.7 Å². The van der Waals surface area contributed by atoms with Crippen LogP contribution in [0.4, 0.5) is 5.69 Å². The number of carbonyl (C=O) groups is 3. The molecule has 0 saturated heterocycles. The Morgan fingerprint density at radius 1 is 1.29 bits per heavy atom. The summed E-state index contributed by atoms with van der Waals surface area (Å²) >= 11 is 11.9. The summed E-state index contributed by atoms with van der Waals surface area (Å²) in [5.74, 6) is -1.73.